The van der Waals surface area contributed by atoms with E-state index in [1.54, 1.807) is 7.11 Å². The summed E-state index contributed by atoms with van der Waals surface area (Å²) >= 11 is 1.87. The number of hydrogen-bond donors (Lipinski definition) is 1. The van der Waals surface area contributed by atoms with Gasteiger partial charge in [-0.15, -0.1) is 11.3 Å². The van der Waals surface area contributed by atoms with Gasteiger partial charge in [-0.05, 0) is 49.7 Å². The maximum absolute atomic E-state index is 5.22. The van der Waals surface area contributed by atoms with Gasteiger partial charge in [-0.1, -0.05) is 19.1 Å². The summed E-state index contributed by atoms with van der Waals surface area (Å²) in [7, 11) is 1.70. The lowest BCUT2D eigenvalue weighted by atomic mass is 10.0. The molecule has 1 N–H and O–H groups in total. The molecule has 0 aliphatic rings. The largest absolute Gasteiger partial charge is 0.497 e. The number of rotatable bonds is 5. The van der Waals surface area contributed by atoms with Crippen LogP contribution >= 0.6 is 11.3 Å². The van der Waals surface area contributed by atoms with E-state index in [-0.39, 0.29) is 6.04 Å². The highest BCUT2D eigenvalue weighted by molar-refractivity contribution is 7.12. The number of ether oxygens (including phenoxy) is 1. The first-order valence-electron chi connectivity index (χ1n) is 6.60. The van der Waals surface area contributed by atoms with Crippen LogP contribution < -0.4 is 10.1 Å². The van der Waals surface area contributed by atoms with Crippen molar-refractivity contribution < 1.29 is 4.74 Å². The van der Waals surface area contributed by atoms with Crippen LogP contribution in [0.25, 0.3) is 0 Å². The summed E-state index contributed by atoms with van der Waals surface area (Å²) in [6.45, 7) is 7.45. The molecular weight excluding hydrogens is 254 g/mol. The van der Waals surface area contributed by atoms with Crippen LogP contribution in [-0.4, -0.2) is 13.7 Å². The lowest BCUT2D eigenvalue weighted by Gasteiger charge is -2.18. The van der Waals surface area contributed by atoms with Gasteiger partial charge in [0.2, 0.25) is 0 Å². The maximum atomic E-state index is 5.22. The third-order valence-electron chi connectivity index (χ3n) is 3.20. The van der Waals surface area contributed by atoms with Crippen molar-refractivity contribution in [3.05, 3.63) is 51.2 Å². The summed E-state index contributed by atoms with van der Waals surface area (Å²) < 4.78 is 5.22. The maximum Gasteiger partial charge on any atom is 0.118 e. The molecule has 2 rings (SSSR count). The minimum atomic E-state index is 0.273. The van der Waals surface area contributed by atoms with Gasteiger partial charge < -0.3 is 10.1 Å². The van der Waals surface area contributed by atoms with Crippen LogP contribution in [-0.2, 0) is 0 Å². The molecule has 1 atom stereocenters. The monoisotopic (exact) mass is 275 g/mol. The van der Waals surface area contributed by atoms with Crippen molar-refractivity contribution in [1.29, 1.82) is 0 Å². The Morgan fingerprint density at radius 3 is 2.37 bits per heavy atom. The fourth-order valence-corrected chi connectivity index (χ4v) is 3.45. The lowest BCUT2D eigenvalue weighted by molar-refractivity contribution is 0.414. The van der Waals surface area contributed by atoms with Crippen molar-refractivity contribution in [3.8, 4) is 5.75 Å². The van der Waals surface area contributed by atoms with Crippen LogP contribution in [0.1, 0.15) is 33.8 Å². The minimum Gasteiger partial charge on any atom is -0.497 e. The van der Waals surface area contributed by atoms with Crippen molar-refractivity contribution in [2.45, 2.75) is 26.8 Å². The van der Waals surface area contributed by atoms with E-state index in [0.717, 1.165) is 12.3 Å². The molecular formula is C16H21NOS. The normalized spacial score (nSPS) is 12.4. The second-order valence-electron chi connectivity index (χ2n) is 4.67. The molecule has 2 nitrogen and oxygen atoms in total. The molecule has 0 radical (unpaired) electrons. The zero-order valence-corrected chi connectivity index (χ0v) is 12.8. The smallest absolute Gasteiger partial charge is 0.118 e. The number of hydrogen-bond acceptors (Lipinski definition) is 3. The molecule has 0 fully saturated rings. The molecule has 2 aromatic rings. The number of thiophene rings is 1. The number of nitrogens with one attached hydrogen (secondary N) is 1. The van der Waals surface area contributed by atoms with E-state index in [1.807, 2.05) is 23.5 Å². The van der Waals surface area contributed by atoms with E-state index in [4.69, 9.17) is 4.74 Å². The average Bonchev–Trinajstić information content (AvgIpc) is 2.75. The van der Waals surface area contributed by atoms with Gasteiger partial charge in [-0.3, -0.25) is 0 Å². The first-order valence-corrected chi connectivity index (χ1v) is 7.41. The Morgan fingerprint density at radius 2 is 1.89 bits per heavy atom. The first kappa shape index (κ1) is 14.1. The summed E-state index contributed by atoms with van der Waals surface area (Å²) in [5, 5.41) is 3.58. The Balaban J connectivity index is 2.36. The Morgan fingerprint density at radius 1 is 1.21 bits per heavy atom. The second kappa shape index (κ2) is 6.22. The van der Waals surface area contributed by atoms with Crippen molar-refractivity contribution in [1.82, 2.24) is 5.32 Å². The van der Waals surface area contributed by atoms with E-state index in [2.05, 4.69) is 44.3 Å². The predicted molar refractivity (Wildman–Crippen MR) is 82.3 cm³/mol. The van der Waals surface area contributed by atoms with Gasteiger partial charge in [-0.25, -0.2) is 0 Å². The lowest BCUT2D eigenvalue weighted by Crippen LogP contribution is -2.21. The Hall–Kier alpha value is -1.32. The Labute approximate surface area is 119 Å². The van der Waals surface area contributed by atoms with E-state index < -0.39 is 0 Å². The molecule has 0 saturated carbocycles. The van der Waals surface area contributed by atoms with Crippen LogP contribution in [0.2, 0.25) is 0 Å². The average molecular weight is 275 g/mol. The summed E-state index contributed by atoms with van der Waals surface area (Å²) in [5.41, 5.74) is 2.65. The third kappa shape index (κ3) is 3.17. The molecule has 0 saturated heterocycles. The topological polar surface area (TPSA) is 21.3 Å². The SMILES string of the molecule is CCNC(c1ccc(OC)cc1)c1sc(C)cc1C. The molecule has 0 bridgehead atoms. The van der Waals surface area contributed by atoms with Crippen LogP contribution in [0.15, 0.2) is 30.3 Å². The Kier molecular flexibility index (Phi) is 4.61. The van der Waals surface area contributed by atoms with Gasteiger partial charge in [0.1, 0.15) is 5.75 Å². The summed E-state index contributed by atoms with van der Waals surface area (Å²) in [6.07, 6.45) is 0. The van der Waals surface area contributed by atoms with E-state index in [0.29, 0.717) is 0 Å². The summed E-state index contributed by atoms with van der Waals surface area (Å²) in [6, 6.07) is 10.9. The molecule has 1 unspecified atom stereocenters. The standard InChI is InChI=1S/C16H21NOS/c1-5-17-15(16-11(2)10-12(3)19-16)13-6-8-14(18-4)9-7-13/h6-10,15,17H,5H2,1-4H3. The highest BCUT2D eigenvalue weighted by atomic mass is 32.1. The summed E-state index contributed by atoms with van der Waals surface area (Å²) in [5.74, 6) is 0.901. The zero-order valence-electron chi connectivity index (χ0n) is 12.0. The zero-order chi connectivity index (χ0) is 13.8. The molecule has 0 amide bonds. The third-order valence-corrected chi connectivity index (χ3v) is 4.42. The molecule has 19 heavy (non-hydrogen) atoms. The van der Waals surface area contributed by atoms with Gasteiger partial charge in [-0.2, -0.15) is 0 Å². The first-order chi connectivity index (χ1) is 9.15. The molecule has 0 spiro atoms. The van der Waals surface area contributed by atoms with Crippen LogP contribution in [0.5, 0.6) is 5.75 Å². The van der Waals surface area contributed by atoms with Crippen LogP contribution in [0, 0.1) is 13.8 Å². The minimum absolute atomic E-state index is 0.273. The molecule has 1 heterocycles. The van der Waals surface area contributed by atoms with Gasteiger partial charge in [0.25, 0.3) is 0 Å². The molecule has 0 aliphatic carbocycles. The fourth-order valence-electron chi connectivity index (χ4n) is 2.31. The fraction of sp³-hybridized carbons (Fsp3) is 0.375. The Bertz CT molecular complexity index is 530. The highest BCUT2D eigenvalue weighted by Gasteiger charge is 2.17. The molecule has 1 aromatic heterocycles. The van der Waals surface area contributed by atoms with E-state index >= 15 is 0 Å². The summed E-state index contributed by atoms with van der Waals surface area (Å²) in [4.78, 5) is 2.77. The second-order valence-corrected chi connectivity index (χ2v) is 5.96. The van der Waals surface area contributed by atoms with Crippen molar-refractivity contribution >= 4 is 11.3 Å². The van der Waals surface area contributed by atoms with Gasteiger partial charge in [0, 0.05) is 9.75 Å². The number of aryl methyl sites for hydroxylation is 2. The van der Waals surface area contributed by atoms with E-state index in [9.17, 15) is 0 Å². The van der Waals surface area contributed by atoms with Gasteiger partial charge >= 0.3 is 0 Å². The van der Waals surface area contributed by atoms with Gasteiger partial charge in [0.05, 0.1) is 13.2 Å². The van der Waals surface area contributed by atoms with E-state index in [1.165, 1.54) is 20.9 Å². The molecule has 0 aliphatic heterocycles. The van der Waals surface area contributed by atoms with Crippen molar-refractivity contribution in [3.63, 3.8) is 0 Å². The van der Waals surface area contributed by atoms with Crippen LogP contribution in [0.4, 0.5) is 0 Å². The van der Waals surface area contributed by atoms with Gasteiger partial charge in [0.15, 0.2) is 0 Å². The predicted octanol–water partition coefficient (Wildman–Crippen LogP) is 4.07. The molecule has 102 valence electrons. The molecule has 1 aromatic carbocycles. The quantitative estimate of drug-likeness (QED) is 0.888. The number of benzene rings is 1. The van der Waals surface area contributed by atoms with Crippen molar-refractivity contribution in [2.75, 3.05) is 13.7 Å². The number of methoxy groups -OCH3 is 1. The highest BCUT2D eigenvalue weighted by Crippen LogP contribution is 2.32. The molecule has 3 heteroatoms. The van der Waals surface area contributed by atoms with Crippen LogP contribution in [0.3, 0.4) is 0 Å². The van der Waals surface area contributed by atoms with Crippen molar-refractivity contribution in [2.24, 2.45) is 0 Å².